The second-order valence-corrected chi connectivity index (χ2v) is 6.44. The molecule has 2 aromatic heterocycles. The second-order valence-electron chi connectivity index (χ2n) is 6.44. The fraction of sp³-hybridized carbons (Fsp3) is 0.444. The predicted octanol–water partition coefficient (Wildman–Crippen LogP) is 2.28. The van der Waals surface area contributed by atoms with Crippen LogP contribution in [0.25, 0.3) is 11.3 Å². The maximum Gasteiger partial charge on any atom is 0.223 e. The van der Waals surface area contributed by atoms with Gasteiger partial charge in [0.15, 0.2) is 5.82 Å². The molecule has 2 aromatic rings. The standard InChI is InChI=1S/C18H23N5O/c1-13(2)20-18(24)15-7-11-23(12-8-15)17-4-3-16(21-22-17)14-5-9-19-10-6-14/h3-6,9-10,13,15H,7-8,11-12H2,1-2H3,(H,20,24). The number of carbonyl (C=O) groups is 1. The Morgan fingerprint density at radius 3 is 2.42 bits per heavy atom. The topological polar surface area (TPSA) is 71.0 Å². The zero-order valence-electron chi connectivity index (χ0n) is 14.1. The Hall–Kier alpha value is -2.50. The molecule has 1 amide bonds. The van der Waals surface area contributed by atoms with Crippen molar-refractivity contribution in [2.45, 2.75) is 32.7 Å². The van der Waals surface area contributed by atoms with Gasteiger partial charge in [0.05, 0.1) is 5.69 Å². The summed E-state index contributed by atoms with van der Waals surface area (Å²) in [6, 6.07) is 8.01. The van der Waals surface area contributed by atoms with Crippen LogP contribution < -0.4 is 10.2 Å². The first kappa shape index (κ1) is 16.4. The van der Waals surface area contributed by atoms with Crippen molar-refractivity contribution in [1.82, 2.24) is 20.5 Å². The highest BCUT2D eigenvalue weighted by atomic mass is 16.1. The van der Waals surface area contributed by atoms with Gasteiger partial charge in [0.25, 0.3) is 0 Å². The van der Waals surface area contributed by atoms with E-state index in [1.807, 2.05) is 38.1 Å². The summed E-state index contributed by atoms with van der Waals surface area (Å²) in [6.07, 6.45) is 5.20. The lowest BCUT2D eigenvalue weighted by molar-refractivity contribution is -0.126. The van der Waals surface area contributed by atoms with Gasteiger partial charge in [-0.05, 0) is 51.0 Å². The molecule has 0 unspecified atom stereocenters. The van der Waals surface area contributed by atoms with Crippen molar-refractivity contribution < 1.29 is 4.79 Å². The monoisotopic (exact) mass is 325 g/mol. The van der Waals surface area contributed by atoms with Gasteiger partial charge in [-0.1, -0.05) is 0 Å². The largest absolute Gasteiger partial charge is 0.355 e. The molecule has 0 aliphatic carbocycles. The molecule has 1 fully saturated rings. The minimum absolute atomic E-state index is 0.104. The average Bonchev–Trinajstić information content (AvgIpc) is 2.62. The van der Waals surface area contributed by atoms with Gasteiger partial charge in [-0.2, -0.15) is 0 Å². The summed E-state index contributed by atoms with van der Waals surface area (Å²) in [5, 5.41) is 11.7. The molecule has 6 nitrogen and oxygen atoms in total. The first-order valence-electron chi connectivity index (χ1n) is 8.43. The number of hydrogen-bond acceptors (Lipinski definition) is 5. The number of anilines is 1. The third-order valence-electron chi connectivity index (χ3n) is 4.25. The van der Waals surface area contributed by atoms with E-state index in [1.165, 1.54) is 0 Å². The Kier molecular flexibility index (Phi) is 5.03. The van der Waals surface area contributed by atoms with Crippen LogP contribution in [0, 0.1) is 5.92 Å². The highest BCUT2D eigenvalue weighted by molar-refractivity contribution is 5.79. The molecule has 24 heavy (non-hydrogen) atoms. The van der Waals surface area contributed by atoms with Crippen LogP contribution in [0.5, 0.6) is 0 Å². The molecule has 1 aliphatic rings. The van der Waals surface area contributed by atoms with Crippen LogP contribution in [-0.2, 0) is 4.79 Å². The Balaban J connectivity index is 1.60. The normalized spacial score (nSPS) is 15.5. The van der Waals surface area contributed by atoms with Crippen molar-refractivity contribution in [3.8, 4) is 11.3 Å². The predicted molar refractivity (Wildman–Crippen MR) is 93.5 cm³/mol. The average molecular weight is 325 g/mol. The molecule has 1 aliphatic heterocycles. The third-order valence-corrected chi connectivity index (χ3v) is 4.25. The molecule has 6 heteroatoms. The van der Waals surface area contributed by atoms with Crippen LogP contribution in [0.15, 0.2) is 36.7 Å². The van der Waals surface area contributed by atoms with E-state index < -0.39 is 0 Å². The van der Waals surface area contributed by atoms with Gasteiger partial charge in [0.2, 0.25) is 5.91 Å². The third kappa shape index (κ3) is 3.88. The van der Waals surface area contributed by atoms with E-state index in [0.29, 0.717) is 0 Å². The Labute approximate surface area is 142 Å². The number of nitrogens with one attached hydrogen (secondary N) is 1. The van der Waals surface area contributed by atoms with E-state index in [1.54, 1.807) is 12.4 Å². The van der Waals surface area contributed by atoms with E-state index in [2.05, 4.69) is 25.4 Å². The maximum atomic E-state index is 12.1. The molecule has 0 aromatic carbocycles. The Bertz CT molecular complexity index is 664. The molecular formula is C18H23N5O. The number of aromatic nitrogens is 3. The van der Waals surface area contributed by atoms with Crippen LogP contribution in [-0.4, -0.2) is 40.2 Å². The second kappa shape index (κ2) is 7.38. The SMILES string of the molecule is CC(C)NC(=O)C1CCN(c2ccc(-c3ccncc3)nn2)CC1. The van der Waals surface area contributed by atoms with Gasteiger partial charge < -0.3 is 10.2 Å². The quantitative estimate of drug-likeness (QED) is 0.934. The lowest BCUT2D eigenvalue weighted by Crippen LogP contribution is -2.42. The van der Waals surface area contributed by atoms with Gasteiger partial charge in [0, 0.05) is 43.0 Å². The van der Waals surface area contributed by atoms with Crippen LogP contribution in [0.2, 0.25) is 0 Å². The lowest BCUT2D eigenvalue weighted by Gasteiger charge is -2.32. The molecule has 0 spiro atoms. The number of piperidine rings is 1. The van der Waals surface area contributed by atoms with Crippen molar-refractivity contribution in [2.75, 3.05) is 18.0 Å². The summed E-state index contributed by atoms with van der Waals surface area (Å²) in [4.78, 5) is 18.3. The first-order valence-corrected chi connectivity index (χ1v) is 8.43. The fourth-order valence-electron chi connectivity index (χ4n) is 2.94. The Morgan fingerprint density at radius 1 is 1.12 bits per heavy atom. The first-order chi connectivity index (χ1) is 11.6. The molecule has 126 valence electrons. The van der Waals surface area contributed by atoms with E-state index in [-0.39, 0.29) is 17.9 Å². The number of carbonyl (C=O) groups excluding carboxylic acids is 1. The molecular weight excluding hydrogens is 302 g/mol. The van der Waals surface area contributed by atoms with E-state index in [9.17, 15) is 4.79 Å². The van der Waals surface area contributed by atoms with Gasteiger partial charge in [-0.3, -0.25) is 9.78 Å². The van der Waals surface area contributed by atoms with Crippen molar-refractivity contribution in [1.29, 1.82) is 0 Å². The zero-order chi connectivity index (χ0) is 16.9. The van der Waals surface area contributed by atoms with Crippen molar-refractivity contribution in [2.24, 2.45) is 5.92 Å². The van der Waals surface area contributed by atoms with Crippen molar-refractivity contribution in [3.63, 3.8) is 0 Å². The Morgan fingerprint density at radius 2 is 1.83 bits per heavy atom. The summed E-state index contributed by atoms with van der Waals surface area (Å²) >= 11 is 0. The van der Waals surface area contributed by atoms with Crippen LogP contribution in [0.3, 0.4) is 0 Å². The van der Waals surface area contributed by atoms with Crippen molar-refractivity contribution in [3.05, 3.63) is 36.7 Å². The summed E-state index contributed by atoms with van der Waals surface area (Å²) in [5.74, 6) is 1.15. The maximum absolute atomic E-state index is 12.1. The molecule has 0 radical (unpaired) electrons. The number of hydrogen-bond donors (Lipinski definition) is 1. The molecule has 3 rings (SSSR count). The molecule has 1 saturated heterocycles. The minimum atomic E-state index is 0.104. The van der Waals surface area contributed by atoms with Crippen LogP contribution >= 0.6 is 0 Å². The molecule has 0 saturated carbocycles. The highest BCUT2D eigenvalue weighted by Crippen LogP contribution is 2.23. The van der Waals surface area contributed by atoms with E-state index in [0.717, 1.165) is 43.0 Å². The lowest BCUT2D eigenvalue weighted by atomic mass is 9.95. The van der Waals surface area contributed by atoms with Gasteiger partial charge in [-0.15, -0.1) is 10.2 Å². The summed E-state index contributed by atoms with van der Waals surface area (Å²) in [7, 11) is 0. The molecule has 1 N–H and O–H groups in total. The molecule has 0 bridgehead atoms. The molecule has 0 atom stereocenters. The number of amides is 1. The zero-order valence-corrected chi connectivity index (χ0v) is 14.1. The van der Waals surface area contributed by atoms with E-state index >= 15 is 0 Å². The van der Waals surface area contributed by atoms with Crippen molar-refractivity contribution >= 4 is 11.7 Å². The van der Waals surface area contributed by atoms with Gasteiger partial charge in [0.1, 0.15) is 0 Å². The number of pyridine rings is 1. The highest BCUT2D eigenvalue weighted by Gasteiger charge is 2.26. The van der Waals surface area contributed by atoms with E-state index in [4.69, 9.17) is 0 Å². The number of nitrogens with zero attached hydrogens (tertiary/aromatic N) is 4. The van der Waals surface area contributed by atoms with Gasteiger partial charge in [-0.25, -0.2) is 0 Å². The summed E-state index contributed by atoms with van der Waals surface area (Å²) in [6.45, 7) is 5.65. The molecule has 3 heterocycles. The smallest absolute Gasteiger partial charge is 0.223 e. The minimum Gasteiger partial charge on any atom is -0.355 e. The fourth-order valence-corrected chi connectivity index (χ4v) is 2.94. The summed E-state index contributed by atoms with van der Waals surface area (Å²) < 4.78 is 0. The van der Waals surface area contributed by atoms with Crippen LogP contribution in [0.1, 0.15) is 26.7 Å². The van der Waals surface area contributed by atoms with Crippen LogP contribution in [0.4, 0.5) is 5.82 Å². The number of rotatable bonds is 4. The van der Waals surface area contributed by atoms with Gasteiger partial charge >= 0.3 is 0 Å². The summed E-state index contributed by atoms with van der Waals surface area (Å²) in [5.41, 5.74) is 1.85.